The SMILES string of the molecule is COc1cc(C(=O)OCC(C)(C)CC2=C(O)c3ccccc3C(=O)C2=O)c(OC)c2ccccc12. The van der Waals surface area contributed by atoms with E-state index in [0.29, 0.717) is 22.4 Å². The van der Waals surface area contributed by atoms with E-state index < -0.39 is 23.0 Å². The van der Waals surface area contributed by atoms with E-state index in [4.69, 9.17) is 14.2 Å². The molecule has 0 aromatic heterocycles. The molecule has 0 radical (unpaired) electrons. The van der Waals surface area contributed by atoms with Crippen molar-refractivity contribution >= 4 is 34.1 Å². The number of hydrogen-bond donors (Lipinski definition) is 1. The molecule has 7 nitrogen and oxygen atoms in total. The number of aliphatic hydroxyl groups excluding tert-OH is 1. The number of benzene rings is 3. The summed E-state index contributed by atoms with van der Waals surface area (Å²) in [5.41, 5.74) is -0.0262. The van der Waals surface area contributed by atoms with Gasteiger partial charge in [-0.25, -0.2) is 4.79 Å². The minimum absolute atomic E-state index is 0.0136. The number of carbonyl (C=O) groups is 3. The number of ketones is 2. The quantitative estimate of drug-likeness (QED) is 0.373. The lowest BCUT2D eigenvalue weighted by molar-refractivity contribution is -0.112. The Morgan fingerprint density at radius 3 is 2.17 bits per heavy atom. The number of carbonyl (C=O) groups excluding carboxylic acids is 3. The first kappa shape index (κ1) is 24.0. The first-order valence-electron chi connectivity index (χ1n) is 11.1. The minimum Gasteiger partial charge on any atom is -0.507 e. The summed E-state index contributed by atoms with van der Waals surface area (Å²) >= 11 is 0. The van der Waals surface area contributed by atoms with Gasteiger partial charge in [0.05, 0.1) is 20.8 Å². The fourth-order valence-electron chi connectivity index (χ4n) is 4.31. The fourth-order valence-corrected chi connectivity index (χ4v) is 4.31. The highest BCUT2D eigenvalue weighted by Crippen LogP contribution is 2.38. The van der Waals surface area contributed by atoms with Crippen LogP contribution in [-0.4, -0.2) is 43.5 Å². The van der Waals surface area contributed by atoms with Crippen LogP contribution in [0.15, 0.2) is 60.2 Å². The Kier molecular flexibility index (Phi) is 6.35. The second-order valence-electron chi connectivity index (χ2n) is 9.15. The van der Waals surface area contributed by atoms with Gasteiger partial charge in [0.15, 0.2) is 0 Å². The Morgan fingerprint density at radius 1 is 0.886 bits per heavy atom. The van der Waals surface area contributed by atoms with Crippen LogP contribution in [0.5, 0.6) is 11.5 Å². The van der Waals surface area contributed by atoms with Crippen LogP contribution < -0.4 is 9.47 Å². The van der Waals surface area contributed by atoms with Crippen LogP contribution in [0, 0.1) is 5.41 Å². The zero-order valence-electron chi connectivity index (χ0n) is 20.0. The molecule has 0 aliphatic heterocycles. The number of esters is 1. The molecule has 7 heteroatoms. The summed E-state index contributed by atoms with van der Waals surface area (Å²) in [5.74, 6) is -1.36. The molecule has 0 saturated carbocycles. The Bertz CT molecular complexity index is 1380. The average molecular weight is 475 g/mol. The van der Waals surface area contributed by atoms with E-state index in [-0.39, 0.29) is 35.5 Å². The molecule has 1 N–H and O–H groups in total. The van der Waals surface area contributed by atoms with Crippen molar-refractivity contribution in [2.24, 2.45) is 5.41 Å². The molecule has 3 aromatic carbocycles. The third-order valence-electron chi connectivity index (χ3n) is 6.04. The lowest BCUT2D eigenvalue weighted by atomic mass is 9.79. The third-order valence-corrected chi connectivity index (χ3v) is 6.04. The van der Waals surface area contributed by atoms with Gasteiger partial charge >= 0.3 is 5.97 Å². The molecule has 0 amide bonds. The molecule has 35 heavy (non-hydrogen) atoms. The number of Topliss-reactive ketones (excluding diaryl/α,β-unsaturated/α-hetero) is 2. The first-order chi connectivity index (χ1) is 16.7. The molecule has 3 aromatic rings. The number of hydrogen-bond acceptors (Lipinski definition) is 7. The molecule has 1 aliphatic rings. The van der Waals surface area contributed by atoms with Crippen molar-refractivity contribution in [1.82, 2.24) is 0 Å². The average Bonchev–Trinajstić information content (AvgIpc) is 2.87. The van der Waals surface area contributed by atoms with Gasteiger partial charge in [0.2, 0.25) is 11.6 Å². The fraction of sp³-hybridized carbons (Fsp3) is 0.250. The molecule has 0 bridgehead atoms. The molecule has 1 aliphatic carbocycles. The highest BCUT2D eigenvalue weighted by molar-refractivity contribution is 6.52. The summed E-state index contributed by atoms with van der Waals surface area (Å²) in [6.07, 6.45) is 0.0448. The van der Waals surface area contributed by atoms with Gasteiger partial charge in [0, 0.05) is 32.9 Å². The smallest absolute Gasteiger partial charge is 0.342 e. The van der Waals surface area contributed by atoms with Gasteiger partial charge < -0.3 is 19.3 Å². The molecule has 180 valence electrons. The standard InChI is InChI=1S/C28H26O7/c1-28(2,14-21-23(29)17-10-6-7-11-18(17)24(30)25(21)31)15-35-27(32)20-13-22(33-3)16-9-5-8-12-19(16)26(20)34-4/h5-13,29H,14-15H2,1-4H3. The van der Waals surface area contributed by atoms with Crippen LogP contribution >= 0.6 is 0 Å². The molecule has 0 heterocycles. The zero-order valence-corrected chi connectivity index (χ0v) is 20.0. The van der Waals surface area contributed by atoms with Crippen molar-refractivity contribution in [1.29, 1.82) is 0 Å². The number of ether oxygens (including phenoxy) is 3. The number of allylic oxidation sites excluding steroid dienone is 1. The van der Waals surface area contributed by atoms with Gasteiger partial charge in [-0.1, -0.05) is 62.4 Å². The van der Waals surface area contributed by atoms with Gasteiger partial charge in [-0.3, -0.25) is 9.59 Å². The molecule has 0 saturated heterocycles. The predicted octanol–water partition coefficient (Wildman–Crippen LogP) is 5.16. The zero-order chi connectivity index (χ0) is 25.3. The lowest BCUT2D eigenvalue weighted by Crippen LogP contribution is -2.30. The van der Waals surface area contributed by atoms with Gasteiger partial charge in [-0.2, -0.15) is 0 Å². The van der Waals surface area contributed by atoms with E-state index in [2.05, 4.69) is 0 Å². The van der Waals surface area contributed by atoms with Crippen LogP contribution in [-0.2, 0) is 9.53 Å². The topological polar surface area (TPSA) is 99.1 Å². The van der Waals surface area contributed by atoms with Crippen LogP contribution in [0.4, 0.5) is 0 Å². The van der Waals surface area contributed by atoms with Gasteiger partial charge in [0.25, 0.3) is 0 Å². The van der Waals surface area contributed by atoms with Crippen molar-refractivity contribution in [3.05, 3.63) is 76.9 Å². The number of rotatable bonds is 7. The molecular formula is C28H26O7. The van der Waals surface area contributed by atoms with Crippen LogP contribution in [0.3, 0.4) is 0 Å². The highest BCUT2D eigenvalue weighted by atomic mass is 16.5. The Morgan fingerprint density at radius 2 is 1.51 bits per heavy atom. The summed E-state index contributed by atoms with van der Waals surface area (Å²) in [7, 11) is 3.00. The van der Waals surface area contributed by atoms with E-state index in [0.717, 1.165) is 5.39 Å². The Labute approximate surface area is 202 Å². The predicted molar refractivity (Wildman–Crippen MR) is 131 cm³/mol. The van der Waals surface area contributed by atoms with E-state index in [1.165, 1.54) is 20.3 Å². The monoisotopic (exact) mass is 474 g/mol. The molecule has 0 spiro atoms. The van der Waals surface area contributed by atoms with Crippen molar-refractivity contribution in [2.75, 3.05) is 20.8 Å². The summed E-state index contributed by atoms with van der Waals surface area (Å²) in [4.78, 5) is 38.3. The second kappa shape index (κ2) is 9.25. The summed E-state index contributed by atoms with van der Waals surface area (Å²) in [5, 5.41) is 12.2. The number of fused-ring (bicyclic) bond motifs is 2. The van der Waals surface area contributed by atoms with Crippen LogP contribution in [0.2, 0.25) is 0 Å². The molecule has 0 atom stereocenters. The summed E-state index contributed by atoms with van der Waals surface area (Å²) in [6.45, 7) is 3.51. The Hall–Kier alpha value is -4.13. The lowest BCUT2D eigenvalue weighted by Gasteiger charge is -2.27. The van der Waals surface area contributed by atoms with E-state index in [1.54, 1.807) is 38.1 Å². The third kappa shape index (κ3) is 4.37. The number of aliphatic hydroxyl groups is 1. The molecular weight excluding hydrogens is 448 g/mol. The van der Waals surface area contributed by atoms with Crippen LogP contribution in [0.1, 0.15) is 46.5 Å². The maximum absolute atomic E-state index is 13.1. The normalized spacial score (nSPS) is 13.6. The van der Waals surface area contributed by atoms with E-state index >= 15 is 0 Å². The van der Waals surface area contributed by atoms with E-state index in [9.17, 15) is 19.5 Å². The molecule has 0 unspecified atom stereocenters. The van der Waals surface area contributed by atoms with Crippen molar-refractivity contribution in [2.45, 2.75) is 20.3 Å². The van der Waals surface area contributed by atoms with Gasteiger partial charge in [-0.05, 0) is 12.5 Å². The van der Waals surface area contributed by atoms with Crippen molar-refractivity contribution in [3.63, 3.8) is 0 Å². The van der Waals surface area contributed by atoms with E-state index in [1.807, 2.05) is 24.3 Å². The largest absolute Gasteiger partial charge is 0.507 e. The molecule has 0 fully saturated rings. The Balaban J connectivity index is 1.58. The minimum atomic E-state index is -0.755. The highest BCUT2D eigenvalue weighted by Gasteiger charge is 2.36. The summed E-state index contributed by atoms with van der Waals surface area (Å²) < 4.78 is 16.6. The maximum Gasteiger partial charge on any atom is 0.342 e. The molecule has 4 rings (SSSR count). The van der Waals surface area contributed by atoms with Crippen LogP contribution in [0.25, 0.3) is 16.5 Å². The van der Waals surface area contributed by atoms with Crippen molar-refractivity contribution < 1.29 is 33.7 Å². The summed E-state index contributed by atoms with van der Waals surface area (Å²) in [6, 6.07) is 15.4. The van der Waals surface area contributed by atoms with Gasteiger partial charge in [0.1, 0.15) is 22.8 Å². The second-order valence-corrected chi connectivity index (χ2v) is 9.15. The first-order valence-corrected chi connectivity index (χ1v) is 11.1. The van der Waals surface area contributed by atoms with Gasteiger partial charge in [-0.15, -0.1) is 0 Å². The number of methoxy groups -OCH3 is 2. The maximum atomic E-state index is 13.1. The van der Waals surface area contributed by atoms with Crippen molar-refractivity contribution in [3.8, 4) is 11.5 Å².